The highest BCUT2D eigenvalue weighted by molar-refractivity contribution is 5.54. The van der Waals surface area contributed by atoms with Crippen molar-refractivity contribution in [3.63, 3.8) is 0 Å². The van der Waals surface area contributed by atoms with Crippen molar-refractivity contribution in [2.75, 3.05) is 0 Å². The third-order valence-electron chi connectivity index (χ3n) is 1.72. The molecule has 0 aliphatic carbocycles. The standard InChI is InChI=1S/C12H14/c1-3-5-6-12-9-7-11(4-2)8-10-12/h4-10H,2-3H2,1H3/b6-5+. The van der Waals surface area contributed by atoms with E-state index in [1.807, 2.05) is 6.08 Å². The molecule has 0 spiro atoms. The average Bonchev–Trinajstić information content (AvgIpc) is 2.15. The van der Waals surface area contributed by atoms with Gasteiger partial charge in [0.1, 0.15) is 0 Å². The van der Waals surface area contributed by atoms with E-state index in [0.717, 1.165) is 6.42 Å². The first kappa shape index (κ1) is 8.79. The highest BCUT2D eigenvalue weighted by Gasteiger charge is 1.85. The predicted octanol–water partition coefficient (Wildman–Crippen LogP) is 3.75. The van der Waals surface area contributed by atoms with Crippen LogP contribution >= 0.6 is 0 Å². The van der Waals surface area contributed by atoms with E-state index in [1.54, 1.807) is 0 Å². The smallest absolute Gasteiger partial charge is 0.0259 e. The molecule has 0 heteroatoms. The Morgan fingerprint density at radius 2 is 1.75 bits per heavy atom. The summed E-state index contributed by atoms with van der Waals surface area (Å²) in [6.07, 6.45) is 7.23. The molecule has 0 radical (unpaired) electrons. The van der Waals surface area contributed by atoms with Crippen LogP contribution < -0.4 is 0 Å². The van der Waals surface area contributed by atoms with Crippen molar-refractivity contribution < 1.29 is 0 Å². The summed E-state index contributed by atoms with van der Waals surface area (Å²) < 4.78 is 0. The first-order chi connectivity index (χ1) is 5.86. The van der Waals surface area contributed by atoms with Crippen LogP contribution in [0.25, 0.3) is 12.2 Å². The average molecular weight is 158 g/mol. The lowest BCUT2D eigenvalue weighted by Crippen LogP contribution is -1.73. The van der Waals surface area contributed by atoms with Crippen molar-refractivity contribution in [3.05, 3.63) is 48.0 Å². The van der Waals surface area contributed by atoms with Gasteiger partial charge >= 0.3 is 0 Å². The maximum atomic E-state index is 3.70. The molecule has 0 aliphatic rings. The molecule has 0 N–H and O–H groups in total. The van der Waals surface area contributed by atoms with E-state index in [0.29, 0.717) is 0 Å². The van der Waals surface area contributed by atoms with Gasteiger partial charge in [-0.1, -0.05) is 56.0 Å². The van der Waals surface area contributed by atoms with Gasteiger partial charge in [-0.25, -0.2) is 0 Å². The second-order valence-corrected chi connectivity index (χ2v) is 2.68. The van der Waals surface area contributed by atoms with Crippen molar-refractivity contribution in [3.8, 4) is 0 Å². The predicted molar refractivity (Wildman–Crippen MR) is 55.9 cm³/mol. The lowest BCUT2D eigenvalue weighted by molar-refractivity contribution is 1.23. The SMILES string of the molecule is C=Cc1ccc(/C=C/CC)cc1. The van der Waals surface area contributed by atoms with E-state index in [-0.39, 0.29) is 0 Å². The quantitative estimate of drug-likeness (QED) is 0.628. The summed E-state index contributed by atoms with van der Waals surface area (Å²) in [5, 5.41) is 0. The Hall–Kier alpha value is -1.30. The van der Waals surface area contributed by atoms with Crippen molar-refractivity contribution in [2.24, 2.45) is 0 Å². The molecular formula is C12H14. The van der Waals surface area contributed by atoms with Crippen LogP contribution in [0.2, 0.25) is 0 Å². The third kappa shape index (κ3) is 2.39. The number of allylic oxidation sites excluding steroid dienone is 1. The van der Waals surface area contributed by atoms with Crippen molar-refractivity contribution in [1.82, 2.24) is 0 Å². The monoisotopic (exact) mass is 158 g/mol. The minimum absolute atomic E-state index is 1.09. The van der Waals surface area contributed by atoms with Crippen LogP contribution in [0, 0.1) is 0 Å². The molecule has 0 heterocycles. The summed E-state index contributed by atoms with van der Waals surface area (Å²) in [6, 6.07) is 8.34. The molecule has 1 aromatic rings. The van der Waals surface area contributed by atoms with Crippen LogP contribution in [-0.2, 0) is 0 Å². The topological polar surface area (TPSA) is 0 Å². The Labute approximate surface area is 74.2 Å². The van der Waals surface area contributed by atoms with Crippen LogP contribution in [0.15, 0.2) is 36.9 Å². The van der Waals surface area contributed by atoms with Gasteiger partial charge in [0.2, 0.25) is 0 Å². The lowest BCUT2D eigenvalue weighted by Gasteiger charge is -1.94. The van der Waals surface area contributed by atoms with Gasteiger partial charge in [-0.2, -0.15) is 0 Å². The molecule has 0 saturated heterocycles. The highest BCUT2D eigenvalue weighted by atomic mass is 13.9. The van der Waals surface area contributed by atoms with Crippen LogP contribution in [0.4, 0.5) is 0 Å². The lowest BCUT2D eigenvalue weighted by atomic mass is 10.1. The van der Waals surface area contributed by atoms with E-state index in [1.165, 1.54) is 11.1 Å². The molecule has 0 saturated carbocycles. The first-order valence-corrected chi connectivity index (χ1v) is 4.26. The van der Waals surface area contributed by atoms with Gasteiger partial charge in [0.05, 0.1) is 0 Å². The summed E-state index contributed by atoms with van der Waals surface area (Å²) >= 11 is 0. The van der Waals surface area contributed by atoms with Gasteiger partial charge in [-0.3, -0.25) is 0 Å². The summed E-state index contributed by atoms with van der Waals surface area (Å²) in [4.78, 5) is 0. The fourth-order valence-electron chi connectivity index (χ4n) is 0.997. The van der Waals surface area contributed by atoms with Crippen LogP contribution in [0.3, 0.4) is 0 Å². The second-order valence-electron chi connectivity index (χ2n) is 2.68. The van der Waals surface area contributed by atoms with E-state index in [2.05, 4.69) is 49.9 Å². The van der Waals surface area contributed by atoms with Gasteiger partial charge in [0.25, 0.3) is 0 Å². The Kier molecular flexibility index (Phi) is 3.34. The normalized spacial score (nSPS) is 10.4. The molecule has 1 aromatic carbocycles. The molecule has 0 aliphatic heterocycles. The van der Waals surface area contributed by atoms with E-state index in [4.69, 9.17) is 0 Å². The highest BCUT2D eigenvalue weighted by Crippen LogP contribution is 2.07. The molecule has 0 unspecified atom stereocenters. The second kappa shape index (κ2) is 4.55. The molecule has 0 nitrogen and oxygen atoms in total. The molecule has 12 heavy (non-hydrogen) atoms. The Balaban J connectivity index is 2.77. The molecular weight excluding hydrogens is 144 g/mol. The minimum atomic E-state index is 1.09. The summed E-state index contributed by atoms with van der Waals surface area (Å²) in [6.45, 7) is 5.84. The fraction of sp³-hybridized carbons (Fsp3) is 0.167. The van der Waals surface area contributed by atoms with Crippen LogP contribution in [-0.4, -0.2) is 0 Å². The van der Waals surface area contributed by atoms with Gasteiger partial charge in [-0.15, -0.1) is 0 Å². The maximum absolute atomic E-state index is 3.70. The Bertz CT molecular complexity index is 265. The zero-order valence-corrected chi connectivity index (χ0v) is 7.46. The Morgan fingerprint density at radius 3 is 2.25 bits per heavy atom. The van der Waals surface area contributed by atoms with E-state index in [9.17, 15) is 0 Å². The number of hydrogen-bond donors (Lipinski definition) is 0. The summed E-state index contributed by atoms with van der Waals surface area (Å²) in [5.41, 5.74) is 2.42. The summed E-state index contributed by atoms with van der Waals surface area (Å²) in [5.74, 6) is 0. The number of benzene rings is 1. The van der Waals surface area contributed by atoms with Gasteiger partial charge in [-0.05, 0) is 17.5 Å². The fourth-order valence-corrected chi connectivity index (χ4v) is 0.997. The van der Waals surface area contributed by atoms with Crippen LogP contribution in [0.5, 0.6) is 0 Å². The number of rotatable bonds is 3. The van der Waals surface area contributed by atoms with Crippen molar-refractivity contribution in [1.29, 1.82) is 0 Å². The number of hydrogen-bond acceptors (Lipinski definition) is 0. The molecule has 62 valence electrons. The van der Waals surface area contributed by atoms with Gasteiger partial charge in [0.15, 0.2) is 0 Å². The molecule has 1 rings (SSSR count). The zero-order chi connectivity index (χ0) is 8.81. The molecule has 0 amide bonds. The van der Waals surface area contributed by atoms with Crippen molar-refractivity contribution >= 4 is 12.2 Å². The maximum Gasteiger partial charge on any atom is -0.0259 e. The molecule has 0 bridgehead atoms. The largest absolute Gasteiger partial charge is 0.0985 e. The van der Waals surface area contributed by atoms with E-state index < -0.39 is 0 Å². The van der Waals surface area contributed by atoms with Gasteiger partial charge < -0.3 is 0 Å². The van der Waals surface area contributed by atoms with Gasteiger partial charge in [0, 0.05) is 0 Å². The van der Waals surface area contributed by atoms with E-state index >= 15 is 0 Å². The van der Waals surface area contributed by atoms with Crippen molar-refractivity contribution in [2.45, 2.75) is 13.3 Å². The molecule has 0 fully saturated rings. The first-order valence-electron chi connectivity index (χ1n) is 4.26. The minimum Gasteiger partial charge on any atom is -0.0985 e. The third-order valence-corrected chi connectivity index (χ3v) is 1.72. The molecule has 0 aromatic heterocycles. The Morgan fingerprint density at radius 1 is 1.17 bits per heavy atom. The zero-order valence-electron chi connectivity index (χ0n) is 7.46. The molecule has 0 atom stereocenters. The summed E-state index contributed by atoms with van der Waals surface area (Å²) in [7, 11) is 0. The van der Waals surface area contributed by atoms with Crippen LogP contribution in [0.1, 0.15) is 24.5 Å².